The smallest absolute Gasteiger partial charge is 0.412 e. The van der Waals surface area contributed by atoms with Crippen LogP contribution in [0.1, 0.15) is 26.3 Å². The minimum absolute atomic E-state index is 0.384. The van der Waals surface area contributed by atoms with Gasteiger partial charge in [-0.3, -0.25) is 5.32 Å². The average Bonchev–Trinajstić information content (AvgIpc) is 2.63. The molecule has 0 fully saturated rings. The van der Waals surface area contributed by atoms with E-state index in [9.17, 15) is 4.79 Å². The Morgan fingerprint density at radius 3 is 2.68 bits per heavy atom. The van der Waals surface area contributed by atoms with Crippen LogP contribution in [0.3, 0.4) is 0 Å². The van der Waals surface area contributed by atoms with Crippen LogP contribution in [0.25, 0.3) is 10.1 Å². The summed E-state index contributed by atoms with van der Waals surface area (Å²) >= 11 is 1.51. The van der Waals surface area contributed by atoms with E-state index in [-0.39, 0.29) is 0 Å². The molecule has 1 heterocycles. The normalized spacial score (nSPS) is 11.6. The average molecular weight is 278 g/mol. The number of hydrogen-bond acceptors (Lipinski definition) is 4. The standard InChI is InChI=1S/C14H18N2O2S/c1-14(2,3)18-13(17)16-12-10(8-15)9-6-4-5-7-11(9)19-12/h4-7H,8,15H2,1-3H3,(H,16,17). The van der Waals surface area contributed by atoms with Crippen LogP contribution in [0.4, 0.5) is 9.80 Å². The molecule has 1 aromatic heterocycles. The molecule has 0 aliphatic rings. The van der Waals surface area contributed by atoms with Crippen LogP contribution in [-0.2, 0) is 11.3 Å². The Hall–Kier alpha value is -1.59. The van der Waals surface area contributed by atoms with Crippen LogP contribution in [0.2, 0.25) is 0 Å². The Balaban J connectivity index is 2.28. The summed E-state index contributed by atoms with van der Waals surface area (Å²) in [4.78, 5) is 11.8. The third kappa shape index (κ3) is 3.24. The number of amides is 1. The second kappa shape index (κ2) is 5.19. The fraction of sp³-hybridized carbons (Fsp3) is 0.357. The van der Waals surface area contributed by atoms with E-state index in [2.05, 4.69) is 5.32 Å². The summed E-state index contributed by atoms with van der Waals surface area (Å²) in [6.07, 6.45) is -0.450. The van der Waals surface area contributed by atoms with Crippen LogP contribution >= 0.6 is 11.3 Å². The molecule has 2 rings (SSSR count). The van der Waals surface area contributed by atoms with E-state index in [0.29, 0.717) is 6.54 Å². The SMILES string of the molecule is CC(C)(C)OC(=O)Nc1sc2ccccc2c1CN. The molecule has 0 atom stereocenters. The Bertz CT molecular complexity index is 599. The predicted molar refractivity (Wildman–Crippen MR) is 79.6 cm³/mol. The van der Waals surface area contributed by atoms with E-state index < -0.39 is 11.7 Å². The number of hydrogen-bond donors (Lipinski definition) is 2. The molecule has 5 heteroatoms. The van der Waals surface area contributed by atoms with Gasteiger partial charge in [0.2, 0.25) is 0 Å². The molecular weight excluding hydrogens is 260 g/mol. The van der Waals surface area contributed by atoms with Crippen molar-refractivity contribution >= 4 is 32.5 Å². The lowest BCUT2D eigenvalue weighted by atomic mass is 10.1. The lowest BCUT2D eigenvalue weighted by Gasteiger charge is -2.19. The minimum atomic E-state index is -0.510. The van der Waals surface area contributed by atoms with Crippen LogP contribution < -0.4 is 11.1 Å². The molecule has 19 heavy (non-hydrogen) atoms. The molecule has 0 unspecified atom stereocenters. The summed E-state index contributed by atoms with van der Waals surface area (Å²) in [5.74, 6) is 0. The number of benzene rings is 1. The van der Waals surface area contributed by atoms with Crippen molar-refractivity contribution in [2.24, 2.45) is 5.73 Å². The highest BCUT2D eigenvalue weighted by Gasteiger charge is 2.19. The van der Waals surface area contributed by atoms with Gasteiger partial charge < -0.3 is 10.5 Å². The molecule has 3 N–H and O–H groups in total. The largest absolute Gasteiger partial charge is 0.444 e. The monoisotopic (exact) mass is 278 g/mol. The van der Waals surface area contributed by atoms with Crippen molar-refractivity contribution in [2.75, 3.05) is 5.32 Å². The number of rotatable bonds is 2. The van der Waals surface area contributed by atoms with Crippen molar-refractivity contribution < 1.29 is 9.53 Å². The second-order valence-electron chi connectivity index (χ2n) is 5.24. The molecule has 0 bridgehead atoms. The van der Waals surface area contributed by atoms with Crippen molar-refractivity contribution in [1.82, 2.24) is 0 Å². The Morgan fingerprint density at radius 1 is 1.37 bits per heavy atom. The molecule has 0 saturated carbocycles. The number of carbonyl (C=O) groups excluding carboxylic acids is 1. The zero-order valence-corrected chi connectivity index (χ0v) is 12.1. The van der Waals surface area contributed by atoms with Gasteiger partial charge in [0.15, 0.2) is 0 Å². The van der Waals surface area contributed by atoms with Gasteiger partial charge in [0, 0.05) is 16.8 Å². The van der Waals surface area contributed by atoms with E-state index >= 15 is 0 Å². The fourth-order valence-electron chi connectivity index (χ4n) is 1.80. The molecule has 0 radical (unpaired) electrons. The Kier molecular flexibility index (Phi) is 3.78. The Labute approximate surface area is 116 Å². The van der Waals surface area contributed by atoms with Gasteiger partial charge in [0.1, 0.15) is 10.6 Å². The third-order valence-corrected chi connectivity index (χ3v) is 3.65. The quantitative estimate of drug-likeness (QED) is 0.880. The summed E-state index contributed by atoms with van der Waals surface area (Å²) in [5, 5.41) is 4.63. The summed E-state index contributed by atoms with van der Waals surface area (Å²) in [5.41, 5.74) is 6.22. The highest BCUT2D eigenvalue weighted by atomic mass is 32.1. The number of nitrogens with two attached hydrogens (primary N) is 1. The number of anilines is 1. The van der Waals surface area contributed by atoms with Crippen LogP contribution in [0.15, 0.2) is 24.3 Å². The van der Waals surface area contributed by atoms with Gasteiger partial charge in [-0.15, -0.1) is 11.3 Å². The number of fused-ring (bicyclic) bond motifs is 1. The fourth-order valence-corrected chi connectivity index (χ4v) is 2.92. The third-order valence-electron chi connectivity index (χ3n) is 2.52. The van der Waals surface area contributed by atoms with E-state index in [1.807, 2.05) is 45.0 Å². The van der Waals surface area contributed by atoms with Gasteiger partial charge in [-0.05, 0) is 32.2 Å². The predicted octanol–water partition coefficient (Wildman–Crippen LogP) is 3.71. The number of nitrogens with one attached hydrogen (secondary N) is 1. The zero-order valence-electron chi connectivity index (χ0n) is 11.3. The van der Waals surface area contributed by atoms with Crippen molar-refractivity contribution in [3.63, 3.8) is 0 Å². The molecule has 2 aromatic rings. The van der Waals surface area contributed by atoms with E-state index in [1.165, 1.54) is 11.3 Å². The summed E-state index contributed by atoms with van der Waals surface area (Å²) < 4.78 is 6.36. The van der Waals surface area contributed by atoms with Crippen molar-refractivity contribution in [3.05, 3.63) is 29.8 Å². The van der Waals surface area contributed by atoms with E-state index in [1.54, 1.807) is 0 Å². The maximum Gasteiger partial charge on any atom is 0.412 e. The first kappa shape index (κ1) is 13.8. The molecular formula is C14H18N2O2S. The van der Waals surface area contributed by atoms with Crippen LogP contribution in [0, 0.1) is 0 Å². The lowest BCUT2D eigenvalue weighted by Crippen LogP contribution is -2.27. The highest BCUT2D eigenvalue weighted by Crippen LogP contribution is 2.35. The molecule has 0 saturated heterocycles. The molecule has 0 spiro atoms. The van der Waals surface area contributed by atoms with Gasteiger partial charge in [-0.1, -0.05) is 18.2 Å². The second-order valence-corrected chi connectivity index (χ2v) is 6.29. The first-order valence-electron chi connectivity index (χ1n) is 6.11. The van der Waals surface area contributed by atoms with Gasteiger partial charge in [-0.2, -0.15) is 0 Å². The molecule has 1 aromatic carbocycles. The number of thiophene rings is 1. The zero-order chi connectivity index (χ0) is 14.0. The van der Waals surface area contributed by atoms with Crippen molar-refractivity contribution in [3.8, 4) is 0 Å². The first-order chi connectivity index (χ1) is 8.90. The van der Waals surface area contributed by atoms with Gasteiger partial charge in [-0.25, -0.2) is 4.79 Å². The van der Waals surface area contributed by atoms with E-state index in [4.69, 9.17) is 10.5 Å². The van der Waals surface area contributed by atoms with Crippen LogP contribution in [0.5, 0.6) is 0 Å². The van der Waals surface area contributed by atoms with Gasteiger partial charge >= 0.3 is 6.09 Å². The molecule has 1 amide bonds. The first-order valence-corrected chi connectivity index (χ1v) is 6.93. The maximum atomic E-state index is 11.8. The summed E-state index contributed by atoms with van der Waals surface area (Å²) in [6, 6.07) is 7.95. The van der Waals surface area contributed by atoms with Gasteiger partial charge in [0.25, 0.3) is 0 Å². The van der Waals surface area contributed by atoms with Gasteiger partial charge in [0.05, 0.1) is 0 Å². The Morgan fingerprint density at radius 2 is 2.05 bits per heavy atom. The summed E-state index contributed by atoms with van der Waals surface area (Å²) in [7, 11) is 0. The molecule has 0 aliphatic heterocycles. The summed E-state index contributed by atoms with van der Waals surface area (Å²) in [6.45, 7) is 5.89. The number of ether oxygens (including phenoxy) is 1. The lowest BCUT2D eigenvalue weighted by molar-refractivity contribution is 0.0636. The number of carbonyl (C=O) groups is 1. The highest BCUT2D eigenvalue weighted by molar-refractivity contribution is 7.23. The van der Waals surface area contributed by atoms with Crippen molar-refractivity contribution in [1.29, 1.82) is 0 Å². The minimum Gasteiger partial charge on any atom is -0.444 e. The van der Waals surface area contributed by atoms with E-state index in [0.717, 1.165) is 20.7 Å². The molecule has 102 valence electrons. The molecule has 4 nitrogen and oxygen atoms in total. The molecule has 0 aliphatic carbocycles. The van der Waals surface area contributed by atoms with Crippen molar-refractivity contribution in [2.45, 2.75) is 32.9 Å². The maximum absolute atomic E-state index is 11.8. The topological polar surface area (TPSA) is 64.3 Å². The van der Waals surface area contributed by atoms with Crippen LogP contribution in [-0.4, -0.2) is 11.7 Å².